The molecule has 1 atom stereocenters. The minimum absolute atomic E-state index is 0.177. The van der Waals surface area contributed by atoms with Crippen LogP contribution in [0.25, 0.3) is 0 Å². The molecule has 1 N–H and O–H groups in total. The predicted octanol–water partition coefficient (Wildman–Crippen LogP) is 2.95. The highest BCUT2D eigenvalue weighted by atomic mass is 35.5. The van der Waals surface area contributed by atoms with Crippen LogP contribution in [-0.4, -0.2) is 32.4 Å². The van der Waals surface area contributed by atoms with Crippen molar-refractivity contribution in [2.75, 3.05) is 19.6 Å². The summed E-state index contributed by atoms with van der Waals surface area (Å²) in [4.78, 5) is -0.404. The highest BCUT2D eigenvalue weighted by Crippen LogP contribution is 2.33. The maximum absolute atomic E-state index is 13.5. The highest BCUT2D eigenvalue weighted by molar-refractivity contribution is 7.89. The number of nitrogens with one attached hydrogen (secondary N) is 1. The van der Waals surface area contributed by atoms with E-state index in [0.29, 0.717) is 29.7 Å². The monoisotopic (exact) mass is 372 g/mol. The Morgan fingerprint density at radius 1 is 1.12 bits per heavy atom. The van der Waals surface area contributed by atoms with Gasteiger partial charge in [0.1, 0.15) is 11.6 Å². The minimum Gasteiger partial charge on any atom is -0.313 e. The number of halogens is 3. The lowest BCUT2D eigenvalue weighted by molar-refractivity contribution is 0.271. The lowest BCUT2D eigenvalue weighted by atomic mass is 10.1. The molecule has 2 aromatic carbocycles. The van der Waals surface area contributed by atoms with E-state index in [1.54, 1.807) is 24.3 Å². The molecule has 24 heavy (non-hydrogen) atoms. The molecule has 0 bridgehead atoms. The third-order valence-electron chi connectivity index (χ3n) is 3.90. The molecule has 128 valence electrons. The molecule has 1 aliphatic rings. The molecule has 1 unspecified atom stereocenters. The third-order valence-corrected chi connectivity index (χ3v) is 6.13. The van der Waals surface area contributed by atoms with Crippen molar-refractivity contribution in [3.63, 3.8) is 0 Å². The molecule has 0 aliphatic carbocycles. The average molecular weight is 373 g/mol. The van der Waals surface area contributed by atoms with Gasteiger partial charge >= 0.3 is 0 Å². The fourth-order valence-corrected chi connectivity index (χ4v) is 4.71. The Bertz CT molecular complexity index is 841. The molecule has 8 heteroatoms. The summed E-state index contributed by atoms with van der Waals surface area (Å²) in [5, 5.41) is 3.57. The van der Waals surface area contributed by atoms with Crippen molar-refractivity contribution in [2.45, 2.75) is 10.9 Å². The molecule has 3 rings (SSSR count). The maximum Gasteiger partial charge on any atom is 0.243 e. The van der Waals surface area contributed by atoms with Crippen molar-refractivity contribution in [1.29, 1.82) is 0 Å². The second-order valence-electron chi connectivity index (χ2n) is 5.46. The predicted molar refractivity (Wildman–Crippen MR) is 87.3 cm³/mol. The van der Waals surface area contributed by atoms with Gasteiger partial charge in [0.05, 0.1) is 10.9 Å². The van der Waals surface area contributed by atoms with Gasteiger partial charge in [0.25, 0.3) is 0 Å². The topological polar surface area (TPSA) is 49.4 Å². The van der Waals surface area contributed by atoms with Crippen LogP contribution in [0.1, 0.15) is 11.6 Å². The van der Waals surface area contributed by atoms with Crippen molar-refractivity contribution < 1.29 is 17.2 Å². The highest BCUT2D eigenvalue weighted by Gasteiger charge is 2.35. The van der Waals surface area contributed by atoms with Gasteiger partial charge in [-0.05, 0) is 23.8 Å². The summed E-state index contributed by atoms with van der Waals surface area (Å²) < 4.78 is 54.0. The first kappa shape index (κ1) is 17.3. The van der Waals surface area contributed by atoms with E-state index in [0.717, 1.165) is 12.1 Å². The van der Waals surface area contributed by atoms with Gasteiger partial charge in [0.2, 0.25) is 10.0 Å². The summed E-state index contributed by atoms with van der Waals surface area (Å²) in [6.07, 6.45) is 0. The van der Waals surface area contributed by atoms with Crippen LogP contribution >= 0.6 is 11.6 Å². The Balaban J connectivity index is 2.05. The zero-order chi connectivity index (χ0) is 17.3. The van der Waals surface area contributed by atoms with Gasteiger partial charge < -0.3 is 5.32 Å². The first-order valence-electron chi connectivity index (χ1n) is 7.32. The van der Waals surface area contributed by atoms with Crippen molar-refractivity contribution in [2.24, 2.45) is 0 Å². The SMILES string of the molecule is O=S(=O)(c1cc(F)cc(F)c1)N1CCNCC1c1ccccc1Cl. The Morgan fingerprint density at radius 3 is 2.46 bits per heavy atom. The van der Waals surface area contributed by atoms with E-state index in [1.165, 1.54) is 4.31 Å². The molecule has 1 heterocycles. The van der Waals surface area contributed by atoms with Crippen molar-refractivity contribution in [3.8, 4) is 0 Å². The van der Waals surface area contributed by atoms with E-state index < -0.39 is 32.6 Å². The number of nitrogens with zero attached hydrogens (tertiary/aromatic N) is 1. The van der Waals surface area contributed by atoms with E-state index in [1.807, 2.05) is 0 Å². The molecule has 4 nitrogen and oxygen atoms in total. The fraction of sp³-hybridized carbons (Fsp3) is 0.250. The molecule has 0 aromatic heterocycles. The van der Waals surface area contributed by atoms with Gasteiger partial charge in [-0.2, -0.15) is 4.31 Å². The number of piperazine rings is 1. The van der Waals surface area contributed by atoms with E-state index >= 15 is 0 Å². The van der Waals surface area contributed by atoms with Gasteiger partial charge in [-0.3, -0.25) is 0 Å². The lowest BCUT2D eigenvalue weighted by Gasteiger charge is -2.35. The molecule has 2 aromatic rings. The van der Waals surface area contributed by atoms with Gasteiger partial charge in [-0.1, -0.05) is 29.8 Å². The summed E-state index contributed by atoms with van der Waals surface area (Å²) in [6.45, 7) is 0.981. The van der Waals surface area contributed by atoms with Crippen LogP contribution in [0.5, 0.6) is 0 Å². The molecule has 1 fully saturated rings. The largest absolute Gasteiger partial charge is 0.313 e. The molecule has 0 saturated carbocycles. The van der Waals surface area contributed by atoms with Crippen LogP contribution < -0.4 is 5.32 Å². The maximum atomic E-state index is 13.5. The first-order chi connectivity index (χ1) is 11.4. The molecular weight excluding hydrogens is 358 g/mol. The van der Waals surface area contributed by atoms with Crippen LogP contribution in [0.2, 0.25) is 5.02 Å². The number of sulfonamides is 1. The zero-order valence-electron chi connectivity index (χ0n) is 12.5. The van der Waals surface area contributed by atoms with Gasteiger partial charge in [0, 0.05) is 30.7 Å². The summed E-state index contributed by atoms with van der Waals surface area (Å²) in [5.41, 5.74) is 0.645. The lowest BCUT2D eigenvalue weighted by Crippen LogP contribution is -2.48. The molecule has 0 amide bonds. The van der Waals surface area contributed by atoms with Crippen molar-refractivity contribution in [3.05, 3.63) is 64.7 Å². The number of hydrogen-bond acceptors (Lipinski definition) is 3. The number of hydrogen-bond donors (Lipinski definition) is 1. The molecule has 0 radical (unpaired) electrons. The fourth-order valence-electron chi connectivity index (χ4n) is 2.80. The Labute approximate surface area is 144 Å². The number of benzene rings is 2. The third kappa shape index (κ3) is 3.30. The molecular formula is C16H15ClF2N2O2S. The Kier molecular flexibility index (Phi) is 4.87. The Morgan fingerprint density at radius 2 is 1.79 bits per heavy atom. The number of rotatable bonds is 3. The van der Waals surface area contributed by atoms with Crippen LogP contribution in [0.3, 0.4) is 0 Å². The van der Waals surface area contributed by atoms with Crippen LogP contribution in [0.15, 0.2) is 47.4 Å². The van der Waals surface area contributed by atoms with E-state index in [9.17, 15) is 17.2 Å². The standard InChI is InChI=1S/C16H15ClF2N2O2S/c17-15-4-2-1-3-14(15)16-10-20-5-6-21(16)24(22,23)13-8-11(18)7-12(19)9-13/h1-4,7-9,16,20H,5-6,10H2. The van der Waals surface area contributed by atoms with Crippen molar-refractivity contribution >= 4 is 21.6 Å². The summed E-state index contributed by atoms with van der Waals surface area (Å²) in [7, 11) is -4.07. The van der Waals surface area contributed by atoms with E-state index in [-0.39, 0.29) is 6.54 Å². The minimum atomic E-state index is -4.07. The summed E-state index contributed by atoms with van der Waals surface area (Å²) in [5.74, 6) is -1.86. The van der Waals surface area contributed by atoms with Crippen molar-refractivity contribution in [1.82, 2.24) is 9.62 Å². The van der Waals surface area contributed by atoms with E-state index in [4.69, 9.17) is 11.6 Å². The second kappa shape index (κ2) is 6.76. The summed E-state index contributed by atoms with van der Waals surface area (Å²) in [6, 6.07) is 8.68. The first-order valence-corrected chi connectivity index (χ1v) is 9.14. The quantitative estimate of drug-likeness (QED) is 0.901. The zero-order valence-corrected chi connectivity index (χ0v) is 14.1. The summed E-state index contributed by atoms with van der Waals surface area (Å²) >= 11 is 6.20. The van der Waals surface area contributed by atoms with E-state index in [2.05, 4.69) is 5.32 Å². The molecule has 1 saturated heterocycles. The second-order valence-corrected chi connectivity index (χ2v) is 7.76. The normalized spacial score (nSPS) is 19.4. The molecule has 1 aliphatic heterocycles. The van der Waals surface area contributed by atoms with Gasteiger partial charge in [0.15, 0.2) is 0 Å². The van der Waals surface area contributed by atoms with Gasteiger partial charge in [-0.25, -0.2) is 17.2 Å². The van der Waals surface area contributed by atoms with Crippen LogP contribution in [0, 0.1) is 11.6 Å². The molecule has 0 spiro atoms. The Hall–Kier alpha value is -1.54. The van der Waals surface area contributed by atoms with Gasteiger partial charge in [-0.15, -0.1) is 0 Å². The average Bonchev–Trinajstić information content (AvgIpc) is 2.54. The smallest absolute Gasteiger partial charge is 0.243 e. The van der Waals surface area contributed by atoms with Crippen LogP contribution in [-0.2, 0) is 10.0 Å². The van der Waals surface area contributed by atoms with Crippen LogP contribution in [0.4, 0.5) is 8.78 Å².